The van der Waals surface area contributed by atoms with Crippen LogP contribution in [0.5, 0.6) is 0 Å². The van der Waals surface area contributed by atoms with E-state index in [1.54, 1.807) is 17.4 Å². The van der Waals surface area contributed by atoms with Crippen LogP contribution in [-0.4, -0.2) is 28.2 Å². The van der Waals surface area contributed by atoms with Crippen molar-refractivity contribution >= 4 is 45.0 Å². The fourth-order valence-corrected chi connectivity index (χ4v) is 4.60. The number of anilines is 1. The molecule has 0 spiro atoms. The van der Waals surface area contributed by atoms with Crippen LogP contribution in [0.25, 0.3) is 10.2 Å². The van der Waals surface area contributed by atoms with E-state index in [0.29, 0.717) is 17.5 Å². The SMILES string of the molecule is C=CCNC(=O)CSc1nc(N)c2c3c(sc2n1)CCCC3. The van der Waals surface area contributed by atoms with Crippen molar-refractivity contribution in [2.75, 3.05) is 18.0 Å². The molecule has 0 radical (unpaired) electrons. The van der Waals surface area contributed by atoms with Crippen molar-refractivity contribution < 1.29 is 4.79 Å². The summed E-state index contributed by atoms with van der Waals surface area (Å²) in [7, 11) is 0. The van der Waals surface area contributed by atoms with E-state index in [-0.39, 0.29) is 11.7 Å². The van der Waals surface area contributed by atoms with Gasteiger partial charge in [0.05, 0.1) is 11.1 Å². The summed E-state index contributed by atoms with van der Waals surface area (Å²) in [5, 5.41) is 4.33. The van der Waals surface area contributed by atoms with Gasteiger partial charge < -0.3 is 11.1 Å². The van der Waals surface area contributed by atoms with Crippen LogP contribution in [0.1, 0.15) is 23.3 Å². The number of thiophene rings is 1. The Bertz CT molecular complexity index is 726. The summed E-state index contributed by atoms with van der Waals surface area (Å²) in [6.45, 7) is 4.04. The monoisotopic (exact) mass is 334 g/mol. The van der Waals surface area contributed by atoms with Crippen LogP contribution in [0.15, 0.2) is 17.8 Å². The molecule has 0 bridgehead atoms. The van der Waals surface area contributed by atoms with Crippen LogP contribution in [0, 0.1) is 0 Å². The minimum atomic E-state index is -0.0577. The number of carbonyl (C=O) groups is 1. The van der Waals surface area contributed by atoms with Gasteiger partial charge in [-0.3, -0.25) is 4.79 Å². The fourth-order valence-electron chi connectivity index (χ4n) is 2.60. The second-order valence-corrected chi connectivity index (χ2v) is 7.19. The molecule has 2 aromatic rings. The Morgan fingerprint density at radius 3 is 3.05 bits per heavy atom. The van der Waals surface area contributed by atoms with E-state index in [0.717, 1.165) is 23.1 Å². The Morgan fingerprint density at radius 1 is 1.41 bits per heavy atom. The number of carbonyl (C=O) groups excluding carboxylic acids is 1. The average molecular weight is 334 g/mol. The highest BCUT2D eigenvalue weighted by atomic mass is 32.2. The van der Waals surface area contributed by atoms with Crippen molar-refractivity contribution in [3.8, 4) is 0 Å². The van der Waals surface area contributed by atoms with Crippen molar-refractivity contribution in [2.45, 2.75) is 30.8 Å². The van der Waals surface area contributed by atoms with Crippen molar-refractivity contribution in [3.05, 3.63) is 23.1 Å². The zero-order valence-corrected chi connectivity index (χ0v) is 13.9. The number of hydrogen-bond donors (Lipinski definition) is 2. The molecule has 3 N–H and O–H groups in total. The highest BCUT2D eigenvalue weighted by Crippen LogP contribution is 2.38. The number of thioether (sulfide) groups is 1. The second kappa shape index (κ2) is 6.66. The summed E-state index contributed by atoms with van der Waals surface area (Å²) in [6, 6.07) is 0. The molecule has 2 aromatic heterocycles. The average Bonchev–Trinajstić information content (AvgIpc) is 2.89. The first-order valence-corrected chi connectivity index (χ1v) is 9.07. The molecule has 1 aliphatic rings. The summed E-state index contributed by atoms with van der Waals surface area (Å²) >= 11 is 3.03. The van der Waals surface area contributed by atoms with Crippen molar-refractivity contribution in [3.63, 3.8) is 0 Å². The lowest BCUT2D eigenvalue weighted by Crippen LogP contribution is -2.25. The highest BCUT2D eigenvalue weighted by Gasteiger charge is 2.20. The second-order valence-electron chi connectivity index (χ2n) is 5.16. The Hall–Kier alpha value is -1.60. The van der Waals surface area contributed by atoms with Crippen molar-refractivity contribution in [1.29, 1.82) is 0 Å². The third kappa shape index (κ3) is 3.10. The number of nitrogens with one attached hydrogen (secondary N) is 1. The van der Waals surface area contributed by atoms with Gasteiger partial charge in [0.15, 0.2) is 5.16 Å². The molecular formula is C15H18N4OS2. The summed E-state index contributed by atoms with van der Waals surface area (Å²) in [6.07, 6.45) is 6.28. The standard InChI is InChI=1S/C15H18N4OS2/c1-2-7-17-11(20)8-21-15-18-13(16)12-9-5-3-4-6-10(9)22-14(12)19-15/h2H,1,3-8H2,(H,17,20)(H2,16,18,19). The molecule has 0 saturated heterocycles. The minimum absolute atomic E-state index is 0.0577. The Morgan fingerprint density at radius 2 is 2.23 bits per heavy atom. The smallest absolute Gasteiger partial charge is 0.230 e. The fraction of sp³-hybridized carbons (Fsp3) is 0.400. The van der Waals surface area contributed by atoms with Crippen LogP contribution in [0.3, 0.4) is 0 Å². The number of aryl methyl sites for hydroxylation is 2. The topological polar surface area (TPSA) is 80.9 Å². The Balaban J connectivity index is 1.80. The molecule has 5 nitrogen and oxygen atoms in total. The first kappa shape index (κ1) is 15.3. The van der Waals surface area contributed by atoms with Gasteiger partial charge in [-0.1, -0.05) is 17.8 Å². The van der Waals surface area contributed by atoms with Gasteiger partial charge in [0.2, 0.25) is 5.91 Å². The summed E-state index contributed by atoms with van der Waals surface area (Å²) in [5.41, 5.74) is 7.48. The number of nitrogens with two attached hydrogens (primary N) is 1. The van der Waals surface area contributed by atoms with E-state index in [1.807, 2.05) is 0 Å². The first-order valence-electron chi connectivity index (χ1n) is 7.27. The summed E-state index contributed by atoms with van der Waals surface area (Å²) in [4.78, 5) is 22.9. The molecule has 1 aliphatic carbocycles. The zero-order chi connectivity index (χ0) is 15.5. The molecule has 3 rings (SSSR count). The molecule has 1 amide bonds. The lowest BCUT2D eigenvalue weighted by atomic mass is 9.97. The summed E-state index contributed by atoms with van der Waals surface area (Å²) < 4.78 is 0. The first-order chi connectivity index (χ1) is 10.7. The van der Waals surface area contributed by atoms with Gasteiger partial charge in [0.25, 0.3) is 0 Å². The number of nitrogen functional groups attached to an aromatic ring is 1. The van der Waals surface area contributed by atoms with E-state index in [4.69, 9.17) is 5.73 Å². The van der Waals surface area contributed by atoms with Gasteiger partial charge in [-0.15, -0.1) is 17.9 Å². The highest BCUT2D eigenvalue weighted by molar-refractivity contribution is 7.99. The van der Waals surface area contributed by atoms with E-state index < -0.39 is 0 Å². The molecule has 0 atom stereocenters. The van der Waals surface area contributed by atoms with Crippen LogP contribution in [0.2, 0.25) is 0 Å². The molecule has 0 saturated carbocycles. The third-order valence-electron chi connectivity index (χ3n) is 3.60. The number of hydrogen-bond acceptors (Lipinski definition) is 6. The van der Waals surface area contributed by atoms with E-state index in [9.17, 15) is 4.79 Å². The van der Waals surface area contributed by atoms with Gasteiger partial charge in [0.1, 0.15) is 10.6 Å². The van der Waals surface area contributed by atoms with E-state index >= 15 is 0 Å². The predicted octanol–water partition coefficient (Wildman–Crippen LogP) is 2.55. The summed E-state index contributed by atoms with van der Waals surface area (Å²) in [5.74, 6) is 0.764. The quantitative estimate of drug-likeness (QED) is 0.499. The predicted molar refractivity (Wildman–Crippen MR) is 92.4 cm³/mol. The molecule has 7 heteroatoms. The molecule has 0 fully saturated rings. The van der Waals surface area contributed by atoms with Crippen LogP contribution < -0.4 is 11.1 Å². The van der Waals surface area contributed by atoms with Crippen LogP contribution in [-0.2, 0) is 17.6 Å². The molecular weight excluding hydrogens is 316 g/mol. The van der Waals surface area contributed by atoms with E-state index in [2.05, 4.69) is 21.9 Å². The van der Waals surface area contributed by atoms with Gasteiger partial charge >= 0.3 is 0 Å². The number of fused-ring (bicyclic) bond motifs is 3. The Labute approximate surface area is 137 Å². The maximum atomic E-state index is 11.6. The zero-order valence-electron chi connectivity index (χ0n) is 12.2. The molecule has 2 heterocycles. The maximum Gasteiger partial charge on any atom is 0.230 e. The minimum Gasteiger partial charge on any atom is -0.383 e. The van der Waals surface area contributed by atoms with E-state index in [1.165, 1.54) is 35.0 Å². The largest absolute Gasteiger partial charge is 0.383 e. The van der Waals surface area contributed by atoms with Gasteiger partial charge in [-0.05, 0) is 31.2 Å². The van der Waals surface area contributed by atoms with Gasteiger partial charge in [-0.2, -0.15) is 0 Å². The maximum absolute atomic E-state index is 11.6. The van der Waals surface area contributed by atoms with Crippen LogP contribution >= 0.6 is 23.1 Å². The molecule has 116 valence electrons. The molecule has 0 unspecified atom stereocenters. The normalized spacial score (nSPS) is 13.8. The van der Waals surface area contributed by atoms with Crippen LogP contribution in [0.4, 0.5) is 5.82 Å². The molecule has 22 heavy (non-hydrogen) atoms. The number of amides is 1. The van der Waals surface area contributed by atoms with Crippen molar-refractivity contribution in [1.82, 2.24) is 15.3 Å². The lowest BCUT2D eigenvalue weighted by Gasteiger charge is -2.10. The lowest BCUT2D eigenvalue weighted by molar-refractivity contribution is -0.118. The van der Waals surface area contributed by atoms with Gasteiger partial charge in [0, 0.05) is 11.4 Å². The number of aromatic nitrogens is 2. The Kier molecular flexibility index (Phi) is 4.63. The third-order valence-corrected chi connectivity index (χ3v) is 5.63. The molecule has 0 aliphatic heterocycles. The van der Waals surface area contributed by atoms with Gasteiger partial charge in [-0.25, -0.2) is 9.97 Å². The number of nitrogens with zero attached hydrogens (tertiary/aromatic N) is 2. The molecule has 0 aromatic carbocycles. The van der Waals surface area contributed by atoms with Crippen molar-refractivity contribution in [2.24, 2.45) is 0 Å². The number of rotatable bonds is 5.